The van der Waals surface area contributed by atoms with Crippen molar-refractivity contribution in [1.82, 2.24) is 14.7 Å². The fraction of sp³-hybridized carbons (Fsp3) is 0.444. The van der Waals surface area contributed by atoms with Crippen molar-refractivity contribution in [3.8, 4) is 5.69 Å². The van der Waals surface area contributed by atoms with Gasteiger partial charge in [-0.25, -0.2) is 4.68 Å². The number of aromatic nitrogens is 2. The molecule has 1 heterocycles. The van der Waals surface area contributed by atoms with Crippen molar-refractivity contribution in [2.24, 2.45) is 5.92 Å². The van der Waals surface area contributed by atoms with E-state index in [1.54, 1.807) is 4.68 Å². The zero-order valence-electron chi connectivity index (χ0n) is 14.6. The number of hydrogen-bond donors (Lipinski definition) is 0. The molecule has 2 aromatic rings. The highest BCUT2D eigenvalue weighted by Crippen LogP contribution is 2.25. The van der Waals surface area contributed by atoms with Crippen molar-refractivity contribution in [3.05, 3.63) is 46.7 Å². The summed E-state index contributed by atoms with van der Waals surface area (Å²) in [5.74, 6) is -0.380. The Bertz CT molecular complexity index is 685. The molecule has 0 aliphatic carbocycles. The summed E-state index contributed by atoms with van der Waals surface area (Å²) in [5, 5.41) is 5.18. The molecule has 0 aliphatic heterocycles. The maximum Gasteiger partial charge on any atom is 0.309 e. The van der Waals surface area contributed by atoms with Gasteiger partial charge in [0.25, 0.3) is 0 Å². The molecule has 0 aliphatic rings. The van der Waals surface area contributed by atoms with E-state index in [-0.39, 0.29) is 11.9 Å². The van der Waals surface area contributed by atoms with Crippen LogP contribution in [-0.2, 0) is 16.1 Å². The molecular weight excluding hydrogens is 326 g/mol. The number of para-hydroxylation sites is 1. The van der Waals surface area contributed by atoms with Gasteiger partial charge in [-0.1, -0.05) is 43.6 Å². The largest absolute Gasteiger partial charge is 0.469 e. The Morgan fingerprint density at radius 2 is 2.04 bits per heavy atom. The molecule has 6 heteroatoms. The Morgan fingerprint density at radius 3 is 2.62 bits per heavy atom. The Morgan fingerprint density at radius 1 is 1.38 bits per heavy atom. The maximum absolute atomic E-state index is 11.6. The minimum atomic E-state index is -0.198. The number of aryl methyl sites for hydroxylation is 1. The predicted molar refractivity (Wildman–Crippen MR) is 95.4 cm³/mol. The minimum Gasteiger partial charge on any atom is -0.469 e. The normalized spacial score (nSPS) is 12.4. The van der Waals surface area contributed by atoms with Crippen LogP contribution in [0.1, 0.15) is 25.1 Å². The molecular formula is C18H24ClN3O2. The molecule has 0 saturated heterocycles. The third kappa shape index (κ3) is 4.16. The Hall–Kier alpha value is -1.85. The first-order valence-corrected chi connectivity index (χ1v) is 8.45. The zero-order valence-corrected chi connectivity index (χ0v) is 15.4. The molecule has 24 heavy (non-hydrogen) atoms. The second kappa shape index (κ2) is 8.31. The van der Waals surface area contributed by atoms with E-state index < -0.39 is 0 Å². The van der Waals surface area contributed by atoms with Crippen molar-refractivity contribution in [2.75, 3.05) is 20.2 Å². The fourth-order valence-electron chi connectivity index (χ4n) is 2.64. The fourth-order valence-corrected chi connectivity index (χ4v) is 2.98. The topological polar surface area (TPSA) is 47.4 Å². The molecule has 1 unspecified atom stereocenters. The lowest BCUT2D eigenvalue weighted by Crippen LogP contribution is -2.32. The molecule has 1 atom stereocenters. The molecule has 0 spiro atoms. The van der Waals surface area contributed by atoms with Gasteiger partial charge in [0.15, 0.2) is 0 Å². The highest BCUT2D eigenvalue weighted by Gasteiger charge is 2.21. The van der Waals surface area contributed by atoms with Crippen LogP contribution in [0.5, 0.6) is 0 Å². The smallest absolute Gasteiger partial charge is 0.309 e. The van der Waals surface area contributed by atoms with Crippen molar-refractivity contribution in [3.63, 3.8) is 0 Å². The minimum absolute atomic E-state index is 0.182. The average molecular weight is 350 g/mol. The van der Waals surface area contributed by atoms with Crippen molar-refractivity contribution < 1.29 is 9.53 Å². The second-order valence-corrected chi connectivity index (χ2v) is 6.21. The number of benzene rings is 1. The monoisotopic (exact) mass is 349 g/mol. The van der Waals surface area contributed by atoms with Gasteiger partial charge in [-0.05, 0) is 25.6 Å². The second-order valence-electron chi connectivity index (χ2n) is 5.85. The average Bonchev–Trinajstić information content (AvgIpc) is 2.88. The van der Waals surface area contributed by atoms with Gasteiger partial charge < -0.3 is 4.74 Å². The SMILES string of the molecule is CCN(Cc1c(C)nn(-c2ccccc2)c1Cl)CC(C)C(=O)OC. The third-order valence-corrected chi connectivity index (χ3v) is 4.48. The lowest BCUT2D eigenvalue weighted by Gasteiger charge is -2.23. The van der Waals surface area contributed by atoms with Crippen LogP contribution in [-0.4, -0.2) is 40.8 Å². The predicted octanol–water partition coefficient (Wildman–Crippen LogP) is 3.47. The molecule has 1 aromatic carbocycles. The Labute approximate surface area is 148 Å². The first kappa shape index (κ1) is 18.5. The summed E-state index contributed by atoms with van der Waals surface area (Å²) >= 11 is 6.57. The number of methoxy groups -OCH3 is 1. The molecule has 0 N–H and O–H groups in total. The Balaban J connectivity index is 2.20. The summed E-state index contributed by atoms with van der Waals surface area (Å²) in [6, 6.07) is 9.82. The number of carbonyl (C=O) groups is 1. The van der Waals surface area contributed by atoms with Gasteiger partial charge in [0.2, 0.25) is 0 Å². The zero-order chi connectivity index (χ0) is 17.7. The van der Waals surface area contributed by atoms with Crippen molar-refractivity contribution in [1.29, 1.82) is 0 Å². The van der Waals surface area contributed by atoms with Crippen LogP contribution in [0.25, 0.3) is 5.69 Å². The molecule has 2 rings (SSSR count). The van der Waals surface area contributed by atoms with Gasteiger partial charge in [0.1, 0.15) is 5.15 Å². The Kier molecular flexibility index (Phi) is 6.40. The van der Waals surface area contributed by atoms with Crippen LogP contribution in [0.4, 0.5) is 0 Å². The first-order chi connectivity index (χ1) is 11.5. The summed E-state index contributed by atoms with van der Waals surface area (Å²) in [6.07, 6.45) is 0. The van der Waals surface area contributed by atoms with E-state index in [4.69, 9.17) is 16.3 Å². The summed E-state index contributed by atoms with van der Waals surface area (Å²) in [4.78, 5) is 13.8. The summed E-state index contributed by atoms with van der Waals surface area (Å²) < 4.78 is 6.56. The number of nitrogens with zero attached hydrogens (tertiary/aromatic N) is 3. The van der Waals surface area contributed by atoms with Crippen molar-refractivity contribution in [2.45, 2.75) is 27.3 Å². The van der Waals surface area contributed by atoms with E-state index >= 15 is 0 Å². The van der Waals surface area contributed by atoms with Crippen LogP contribution in [0, 0.1) is 12.8 Å². The van der Waals surface area contributed by atoms with Gasteiger partial charge in [-0.15, -0.1) is 0 Å². The van der Waals surface area contributed by atoms with Gasteiger partial charge >= 0.3 is 5.97 Å². The van der Waals surface area contributed by atoms with Crippen LogP contribution in [0.3, 0.4) is 0 Å². The quantitative estimate of drug-likeness (QED) is 0.718. The van der Waals surface area contributed by atoms with Crippen LogP contribution in [0.2, 0.25) is 5.15 Å². The summed E-state index contributed by atoms with van der Waals surface area (Å²) in [7, 11) is 1.42. The highest BCUT2D eigenvalue weighted by atomic mass is 35.5. The van der Waals surface area contributed by atoms with E-state index in [0.29, 0.717) is 18.2 Å². The van der Waals surface area contributed by atoms with E-state index in [1.807, 2.05) is 44.2 Å². The molecule has 0 radical (unpaired) electrons. The number of ether oxygens (including phenoxy) is 1. The van der Waals surface area contributed by atoms with E-state index in [9.17, 15) is 4.79 Å². The molecule has 0 amide bonds. The van der Waals surface area contributed by atoms with Gasteiger partial charge in [-0.2, -0.15) is 5.10 Å². The van der Waals surface area contributed by atoms with Crippen LogP contribution in [0.15, 0.2) is 30.3 Å². The molecule has 0 fully saturated rings. The number of carbonyl (C=O) groups excluding carboxylic acids is 1. The van der Waals surface area contributed by atoms with E-state index in [0.717, 1.165) is 23.5 Å². The number of rotatable bonds is 7. The van der Waals surface area contributed by atoms with Gasteiger partial charge in [0, 0.05) is 18.7 Å². The van der Waals surface area contributed by atoms with E-state index in [1.165, 1.54) is 7.11 Å². The number of hydrogen-bond acceptors (Lipinski definition) is 4. The van der Waals surface area contributed by atoms with Crippen molar-refractivity contribution >= 4 is 17.6 Å². The third-order valence-electron chi connectivity index (χ3n) is 4.09. The molecule has 0 bridgehead atoms. The molecule has 1 aromatic heterocycles. The van der Waals surface area contributed by atoms with E-state index in [2.05, 4.69) is 16.9 Å². The molecule has 0 saturated carbocycles. The number of halogens is 1. The standard InChI is InChI=1S/C18H24ClN3O2/c1-5-21(11-13(2)18(23)24-4)12-16-14(3)20-22(17(16)19)15-9-7-6-8-10-15/h6-10,13H,5,11-12H2,1-4H3. The van der Waals surface area contributed by atoms with Gasteiger partial charge in [0.05, 0.1) is 24.4 Å². The first-order valence-electron chi connectivity index (χ1n) is 8.07. The maximum atomic E-state index is 11.6. The summed E-state index contributed by atoms with van der Waals surface area (Å²) in [6.45, 7) is 7.97. The van der Waals surface area contributed by atoms with Crippen LogP contribution >= 0.6 is 11.6 Å². The molecule has 130 valence electrons. The lowest BCUT2D eigenvalue weighted by molar-refractivity contribution is -0.145. The number of esters is 1. The summed E-state index contributed by atoms with van der Waals surface area (Å²) in [5.41, 5.74) is 2.82. The molecule has 5 nitrogen and oxygen atoms in total. The van der Waals surface area contributed by atoms with Gasteiger partial charge in [-0.3, -0.25) is 9.69 Å². The lowest BCUT2D eigenvalue weighted by atomic mass is 10.1. The van der Waals surface area contributed by atoms with Crippen LogP contribution < -0.4 is 0 Å². The highest BCUT2D eigenvalue weighted by molar-refractivity contribution is 6.30.